The molecule has 1 nitrogen and oxygen atoms in total. The fraction of sp³-hybridized carbons (Fsp3) is 0.0714. The van der Waals surface area contributed by atoms with Crippen LogP contribution in [0.3, 0.4) is 0 Å². The Bertz CT molecular complexity index is 623. The van der Waals surface area contributed by atoms with Crippen molar-refractivity contribution >= 4 is 33.3 Å². The van der Waals surface area contributed by atoms with Crippen molar-refractivity contribution in [2.24, 2.45) is 0 Å². The first kappa shape index (κ1) is 14.2. The Morgan fingerprint density at radius 3 is 2.32 bits per heavy atom. The Kier molecular flexibility index (Phi) is 4.32. The van der Waals surface area contributed by atoms with Gasteiger partial charge in [-0.05, 0) is 29.8 Å². The first-order valence-electron chi connectivity index (χ1n) is 5.39. The van der Waals surface area contributed by atoms with Crippen LogP contribution in [0.1, 0.15) is 15.9 Å². The Morgan fingerprint density at radius 2 is 1.74 bits per heavy atom. The van der Waals surface area contributed by atoms with Gasteiger partial charge < -0.3 is 0 Å². The number of carbonyl (C=O) groups excluding carboxylic acids is 1. The minimum absolute atomic E-state index is 0.00325. The topological polar surface area (TPSA) is 17.1 Å². The third-order valence-corrected chi connectivity index (χ3v) is 3.40. The molecule has 0 bridgehead atoms. The molecule has 2 rings (SSSR count). The van der Waals surface area contributed by atoms with Crippen LogP contribution in [0, 0.1) is 11.6 Å². The second-order valence-corrected chi connectivity index (χ2v) is 5.32. The van der Waals surface area contributed by atoms with Gasteiger partial charge in [0.15, 0.2) is 5.78 Å². The number of rotatable bonds is 3. The zero-order valence-corrected chi connectivity index (χ0v) is 11.9. The van der Waals surface area contributed by atoms with Crippen LogP contribution in [-0.4, -0.2) is 5.78 Å². The van der Waals surface area contributed by atoms with Crippen molar-refractivity contribution in [2.45, 2.75) is 6.42 Å². The van der Waals surface area contributed by atoms with E-state index in [-0.39, 0.29) is 17.8 Å². The highest BCUT2D eigenvalue weighted by atomic mass is 79.9. The molecule has 5 heteroatoms. The van der Waals surface area contributed by atoms with Crippen LogP contribution in [0.4, 0.5) is 8.78 Å². The molecule has 2 aromatic carbocycles. The zero-order chi connectivity index (χ0) is 14.0. The van der Waals surface area contributed by atoms with Gasteiger partial charge in [0.1, 0.15) is 11.6 Å². The Hall–Kier alpha value is -1.26. The lowest BCUT2D eigenvalue weighted by atomic mass is 10.0. The van der Waals surface area contributed by atoms with E-state index in [1.54, 1.807) is 18.2 Å². The standard InChI is InChI=1S/C14H8BrClF2O/c15-10-2-1-8(13(16)6-10)5-14(19)9-3-11(17)7-12(18)4-9/h1-4,6-7H,5H2. The SMILES string of the molecule is O=C(Cc1ccc(Br)cc1Cl)c1cc(F)cc(F)c1. The maximum Gasteiger partial charge on any atom is 0.167 e. The summed E-state index contributed by atoms with van der Waals surface area (Å²) in [4.78, 5) is 12.0. The average Bonchev–Trinajstić information content (AvgIpc) is 2.31. The molecule has 0 unspecified atom stereocenters. The third-order valence-electron chi connectivity index (χ3n) is 2.55. The number of benzene rings is 2. The number of halogens is 4. The summed E-state index contributed by atoms with van der Waals surface area (Å²) in [5, 5.41) is 0.430. The maximum atomic E-state index is 13.0. The minimum atomic E-state index is -0.773. The van der Waals surface area contributed by atoms with Crippen molar-refractivity contribution in [3.63, 3.8) is 0 Å². The van der Waals surface area contributed by atoms with E-state index in [1.165, 1.54) is 0 Å². The Balaban J connectivity index is 2.25. The number of hydrogen-bond donors (Lipinski definition) is 0. The van der Waals surface area contributed by atoms with Gasteiger partial charge in [0, 0.05) is 27.5 Å². The normalized spacial score (nSPS) is 10.5. The van der Waals surface area contributed by atoms with E-state index in [1.807, 2.05) is 0 Å². The molecule has 0 atom stereocenters. The average molecular weight is 346 g/mol. The van der Waals surface area contributed by atoms with Gasteiger partial charge in [-0.3, -0.25) is 4.79 Å². The van der Waals surface area contributed by atoms with Crippen molar-refractivity contribution in [3.8, 4) is 0 Å². The molecule has 0 amide bonds. The van der Waals surface area contributed by atoms with E-state index in [4.69, 9.17) is 11.6 Å². The van der Waals surface area contributed by atoms with Crippen LogP contribution in [0.15, 0.2) is 40.9 Å². The van der Waals surface area contributed by atoms with Gasteiger partial charge >= 0.3 is 0 Å². The van der Waals surface area contributed by atoms with Crippen LogP contribution < -0.4 is 0 Å². The van der Waals surface area contributed by atoms with Crippen molar-refractivity contribution in [1.29, 1.82) is 0 Å². The third kappa shape index (κ3) is 3.61. The van der Waals surface area contributed by atoms with Gasteiger partial charge in [0.25, 0.3) is 0 Å². The summed E-state index contributed by atoms with van der Waals surface area (Å²) in [6.07, 6.45) is -0.00495. The number of carbonyl (C=O) groups is 1. The first-order valence-corrected chi connectivity index (χ1v) is 6.56. The smallest absolute Gasteiger partial charge is 0.167 e. The summed E-state index contributed by atoms with van der Waals surface area (Å²) in [5.74, 6) is -1.93. The first-order chi connectivity index (χ1) is 8.95. The quantitative estimate of drug-likeness (QED) is 0.730. The highest BCUT2D eigenvalue weighted by Gasteiger charge is 2.12. The van der Waals surface area contributed by atoms with Crippen LogP contribution in [-0.2, 0) is 6.42 Å². The Labute approximate surface area is 122 Å². The molecule has 19 heavy (non-hydrogen) atoms. The largest absolute Gasteiger partial charge is 0.294 e. The predicted molar refractivity (Wildman–Crippen MR) is 73.5 cm³/mol. The molecule has 0 N–H and O–H groups in total. The summed E-state index contributed by atoms with van der Waals surface area (Å²) in [6.45, 7) is 0. The summed E-state index contributed by atoms with van der Waals surface area (Å²) in [6, 6.07) is 7.86. The van der Waals surface area contributed by atoms with Crippen molar-refractivity contribution in [2.75, 3.05) is 0 Å². The fourth-order valence-electron chi connectivity index (χ4n) is 1.65. The molecular formula is C14H8BrClF2O. The van der Waals surface area contributed by atoms with Gasteiger partial charge in [-0.1, -0.05) is 33.6 Å². The van der Waals surface area contributed by atoms with E-state index in [9.17, 15) is 13.6 Å². The Morgan fingerprint density at radius 1 is 1.11 bits per heavy atom. The molecule has 98 valence electrons. The number of Topliss-reactive ketones (excluding diaryl/α,β-unsaturated/α-hetero) is 1. The van der Waals surface area contributed by atoms with Crippen LogP contribution in [0.5, 0.6) is 0 Å². The zero-order valence-electron chi connectivity index (χ0n) is 9.59. The van der Waals surface area contributed by atoms with E-state index >= 15 is 0 Å². The van der Waals surface area contributed by atoms with Crippen molar-refractivity contribution in [3.05, 3.63) is 68.7 Å². The lowest BCUT2D eigenvalue weighted by molar-refractivity contribution is 0.0992. The molecule has 0 heterocycles. The van der Waals surface area contributed by atoms with Crippen molar-refractivity contribution in [1.82, 2.24) is 0 Å². The lowest BCUT2D eigenvalue weighted by Crippen LogP contribution is -2.05. The molecule has 0 radical (unpaired) electrons. The molecule has 0 aliphatic heterocycles. The number of ketones is 1. The molecule has 0 fully saturated rings. The maximum absolute atomic E-state index is 13.0. The molecule has 0 aliphatic carbocycles. The van der Waals surface area contributed by atoms with E-state index in [0.717, 1.165) is 22.7 Å². The van der Waals surface area contributed by atoms with Gasteiger partial charge in [-0.25, -0.2) is 8.78 Å². The van der Waals surface area contributed by atoms with Gasteiger partial charge in [-0.15, -0.1) is 0 Å². The van der Waals surface area contributed by atoms with E-state index in [0.29, 0.717) is 10.6 Å². The second-order valence-electron chi connectivity index (χ2n) is 3.99. The molecule has 2 aromatic rings. The summed E-state index contributed by atoms with van der Waals surface area (Å²) >= 11 is 9.25. The van der Waals surface area contributed by atoms with Crippen LogP contribution >= 0.6 is 27.5 Å². The van der Waals surface area contributed by atoms with Gasteiger partial charge in [0.2, 0.25) is 0 Å². The fourth-order valence-corrected chi connectivity index (χ4v) is 2.40. The van der Waals surface area contributed by atoms with E-state index in [2.05, 4.69) is 15.9 Å². The molecule has 0 aromatic heterocycles. The number of hydrogen-bond acceptors (Lipinski definition) is 1. The highest BCUT2D eigenvalue weighted by molar-refractivity contribution is 9.10. The summed E-state index contributed by atoms with van der Waals surface area (Å²) in [7, 11) is 0. The predicted octanol–water partition coefficient (Wildman–Crippen LogP) is 4.81. The second kappa shape index (κ2) is 5.80. The lowest BCUT2D eigenvalue weighted by Gasteiger charge is -2.05. The summed E-state index contributed by atoms with van der Waals surface area (Å²) < 4.78 is 26.9. The minimum Gasteiger partial charge on any atom is -0.294 e. The van der Waals surface area contributed by atoms with Crippen LogP contribution in [0.25, 0.3) is 0 Å². The molecule has 0 saturated carbocycles. The molecule has 0 saturated heterocycles. The van der Waals surface area contributed by atoms with Gasteiger partial charge in [-0.2, -0.15) is 0 Å². The molecule has 0 spiro atoms. The van der Waals surface area contributed by atoms with Crippen LogP contribution in [0.2, 0.25) is 5.02 Å². The van der Waals surface area contributed by atoms with Gasteiger partial charge in [0.05, 0.1) is 0 Å². The highest BCUT2D eigenvalue weighted by Crippen LogP contribution is 2.23. The summed E-state index contributed by atoms with van der Waals surface area (Å²) in [5.41, 5.74) is 0.607. The van der Waals surface area contributed by atoms with E-state index < -0.39 is 11.6 Å². The molecular weight excluding hydrogens is 338 g/mol. The van der Waals surface area contributed by atoms with Crippen molar-refractivity contribution < 1.29 is 13.6 Å². The monoisotopic (exact) mass is 344 g/mol. The molecule has 0 aliphatic rings.